The molecule has 1 unspecified atom stereocenters. The van der Waals surface area contributed by atoms with E-state index >= 15 is 0 Å². The highest BCUT2D eigenvalue weighted by molar-refractivity contribution is 5.89. The summed E-state index contributed by atoms with van der Waals surface area (Å²) in [5.74, 6) is 0.0563. The zero-order valence-electron chi connectivity index (χ0n) is 13.1. The molecule has 0 aliphatic carbocycles. The normalized spacial score (nSPS) is 23.3. The number of nitrogens with one attached hydrogen (secondary N) is 2. The summed E-state index contributed by atoms with van der Waals surface area (Å²) in [5.41, 5.74) is 0. The third-order valence-electron chi connectivity index (χ3n) is 4.60. The number of hydrogen-bond donors (Lipinski definition) is 2. The van der Waals surface area contributed by atoms with Gasteiger partial charge in [0.2, 0.25) is 11.8 Å². The first-order chi connectivity index (χ1) is 9.65. The van der Waals surface area contributed by atoms with Crippen molar-refractivity contribution in [2.24, 2.45) is 5.92 Å². The molecule has 2 saturated heterocycles. The Morgan fingerprint density at radius 1 is 1.33 bits per heavy atom. The number of amides is 2. The minimum atomic E-state index is -0.155. The third-order valence-corrected chi connectivity index (χ3v) is 4.60. The van der Waals surface area contributed by atoms with Crippen LogP contribution >= 0.6 is 12.4 Å². The van der Waals surface area contributed by atoms with Gasteiger partial charge in [0.25, 0.3) is 0 Å². The van der Waals surface area contributed by atoms with Crippen LogP contribution in [0.5, 0.6) is 0 Å². The van der Waals surface area contributed by atoms with Crippen molar-refractivity contribution >= 4 is 24.2 Å². The second-order valence-electron chi connectivity index (χ2n) is 5.95. The minimum Gasteiger partial charge on any atom is -0.353 e. The van der Waals surface area contributed by atoms with Crippen LogP contribution in [0, 0.1) is 5.92 Å². The molecule has 5 nitrogen and oxygen atoms in total. The molecule has 122 valence electrons. The highest BCUT2D eigenvalue weighted by Gasteiger charge is 2.37. The third kappa shape index (κ3) is 4.58. The summed E-state index contributed by atoms with van der Waals surface area (Å²) in [6, 6.07) is 0.570. The Morgan fingerprint density at radius 3 is 2.52 bits per heavy atom. The van der Waals surface area contributed by atoms with Crippen molar-refractivity contribution < 1.29 is 9.59 Å². The number of piperidine rings is 1. The first kappa shape index (κ1) is 18.2. The van der Waals surface area contributed by atoms with Crippen LogP contribution in [0.15, 0.2) is 0 Å². The monoisotopic (exact) mass is 317 g/mol. The SMILES string of the molecule is CCC(CC)N1CC(C(=O)NC2CCNCC2)CC1=O.Cl. The first-order valence-electron chi connectivity index (χ1n) is 7.96. The van der Waals surface area contributed by atoms with Gasteiger partial charge < -0.3 is 15.5 Å². The number of carbonyl (C=O) groups excluding carboxylic acids is 2. The topological polar surface area (TPSA) is 61.4 Å². The number of carbonyl (C=O) groups is 2. The van der Waals surface area contributed by atoms with Gasteiger partial charge in [-0.3, -0.25) is 9.59 Å². The summed E-state index contributed by atoms with van der Waals surface area (Å²) in [5, 5.41) is 6.41. The molecule has 2 amide bonds. The smallest absolute Gasteiger partial charge is 0.225 e. The van der Waals surface area contributed by atoms with Crippen molar-refractivity contribution in [2.45, 2.75) is 58.0 Å². The molecule has 2 N–H and O–H groups in total. The van der Waals surface area contributed by atoms with Crippen LogP contribution in [-0.4, -0.2) is 48.4 Å². The molecule has 1 atom stereocenters. The van der Waals surface area contributed by atoms with Crippen molar-refractivity contribution in [3.8, 4) is 0 Å². The lowest BCUT2D eigenvalue weighted by atomic mass is 10.0. The Kier molecular flexibility index (Phi) is 7.46. The number of nitrogens with zero attached hydrogens (tertiary/aromatic N) is 1. The van der Waals surface area contributed by atoms with E-state index in [0.717, 1.165) is 38.8 Å². The molecule has 2 rings (SSSR count). The lowest BCUT2D eigenvalue weighted by Crippen LogP contribution is -2.45. The van der Waals surface area contributed by atoms with E-state index in [0.29, 0.717) is 19.0 Å². The maximum atomic E-state index is 12.3. The molecule has 2 aliphatic rings. The Labute approximate surface area is 133 Å². The van der Waals surface area contributed by atoms with Gasteiger partial charge >= 0.3 is 0 Å². The molecule has 0 spiro atoms. The molecule has 0 aromatic heterocycles. The fourth-order valence-electron chi connectivity index (χ4n) is 3.27. The molecular weight excluding hydrogens is 290 g/mol. The Balaban J connectivity index is 0.00000220. The Hall–Kier alpha value is -0.810. The molecule has 21 heavy (non-hydrogen) atoms. The van der Waals surface area contributed by atoms with Crippen molar-refractivity contribution in [2.75, 3.05) is 19.6 Å². The summed E-state index contributed by atoms with van der Waals surface area (Å²) >= 11 is 0. The van der Waals surface area contributed by atoms with Crippen molar-refractivity contribution in [3.05, 3.63) is 0 Å². The fourth-order valence-corrected chi connectivity index (χ4v) is 3.27. The van der Waals surface area contributed by atoms with Gasteiger partial charge in [0, 0.05) is 25.0 Å². The zero-order valence-corrected chi connectivity index (χ0v) is 13.9. The van der Waals surface area contributed by atoms with Gasteiger partial charge in [-0.2, -0.15) is 0 Å². The van der Waals surface area contributed by atoms with E-state index in [1.54, 1.807) is 0 Å². The number of rotatable bonds is 5. The van der Waals surface area contributed by atoms with Crippen molar-refractivity contribution in [1.29, 1.82) is 0 Å². The summed E-state index contributed by atoms with van der Waals surface area (Å²) in [7, 11) is 0. The van der Waals surface area contributed by atoms with E-state index in [9.17, 15) is 9.59 Å². The molecule has 2 fully saturated rings. The van der Waals surface area contributed by atoms with Crippen molar-refractivity contribution in [3.63, 3.8) is 0 Å². The molecule has 6 heteroatoms. The van der Waals surface area contributed by atoms with Crippen LogP contribution in [0.25, 0.3) is 0 Å². The summed E-state index contributed by atoms with van der Waals surface area (Å²) in [6.07, 6.45) is 4.29. The number of hydrogen-bond acceptors (Lipinski definition) is 3. The molecule has 2 heterocycles. The highest BCUT2D eigenvalue weighted by atomic mass is 35.5. The van der Waals surface area contributed by atoms with Gasteiger partial charge in [-0.05, 0) is 38.8 Å². The van der Waals surface area contributed by atoms with E-state index in [2.05, 4.69) is 24.5 Å². The number of halogens is 1. The molecule has 0 aromatic rings. The summed E-state index contributed by atoms with van der Waals surface area (Å²) in [6.45, 7) is 6.73. The van der Waals surface area contributed by atoms with Crippen LogP contribution in [0.1, 0.15) is 46.0 Å². The van der Waals surface area contributed by atoms with Gasteiger partial charge in [-0.1, -0.05) is 13.8 Å². The minimum absolute atomic E-state index is 0. The largest absolute Gasteiger partial charge is 0.353 e. The first-order valence-corrected chi connectivity index (χ1v) is 7.96. The maximum Gasteiger partial charge on any atom is 0.225 e. The molecule has 2 aliphatic heterocycles. The van der Waals surface area contributed by atoms with Crippen LogP contribution < -0.4 is 10.6 Å². The van der Waals surface area contributed by atoms with Gasteiger partial charge in [0.15, 0.2) is 0 Å². The second kappa shape index (κ2) is 8.59. The Morgan fingerprint density at radius 2 is 1.95 bits per heavy atom. The summed E-state index contributed by atoms with van der Waals surface area (Å²) in [4.78, 5) is 26.3. The van der Waals surface area contributed by atoms with Gasteiger partial charge in [0.05, 0.1) is 5.92 Å². The van der Waals surface area contributed by atoms with E-state index < -0.39 is 0 Å². The highest BCUT2D eigenvalue weighted by Crippen LogP contribution is 2.23. The predicted octanol–water partition coefficient (Wildman–Crippen LogP) is 1.31. The lowest BCUT2D eigenvalue weighted by Gasteiger charge is -2.27. The zero-order chi connectivity index (χ0) is 14.5. The average Bonchev–Trinajstić information content (AvgIpc) is 2.84. The van der Waals surface area contributed by atoms with Gasteiger partial charge in [-0.15, -0.1) is 12.4 Å². The predicted molar refractivity (Wildman–Crippen MR) is 85.5 cm³/mol. The second-order valence-corrected chi connectivity index (χ2v) is 5.95. The van der Waals surface area contributed by atoms with E-state index in [4.69, 9.17) is 0 Å². The molecule has 0 saturated carbocycles. The fraction of sp³-hybridized carbons (Fsp3) is 0.867. The van der Waals surface area contributed by atoms with Crippen LogP contribution in [0.4, 0.5) is 0 Å². The molecule has 0 bridgehead atoms. The molecular formula is C15H28ClN3O2. The van der Waals surface area contributed by atoms with Crippen molar-refractivity contribution in [1.82, 2.24) is 15.5 Å². The number of likely N-dealkylation sites (tertiary alicyclic amines) is 1. The lowest BCUT2D eigenvalue weighted by molar-refractivity contribution is -0.130. The van der Waals surface area contributed by atoms with Gasteiger partial charge in [0.1, 0.15) is 0 Å². The molecule has 0 radical (unpaired) electrons. The van der Waals surface area contributed by atoms with E-state index in [-0.39, 0.29) is 36.2 Å². The summed E-state index contributed by atoms with van der Waals surface area (Å²) < 4.78 is 0. The van der Waals surface area contributed by atoms with Crippen LogP contribution in [-0.2, 0) is 9.59 Å². The Bertz CT molecular complexity index is 355. The van der Waals surface area contributed by atoms with E-state index in [1.807, 2.05) is 4.90 Å². The standard InChI is InChI=1S/C15H27N3O2.ClH/c1-3-13(4-2)18-10-11(9-14(18)19)15(20)17-12-5-7-16-8-6-12;/h11-13,16H,3-10H2,1-2H3,(H,17,20);1H. The van der Waals surface area contributed by atoms with E-state index in [1.165, 1.54) is 0 Å². The maximum absolute atomic E-state index is 12.3. The van der Waals surface area contributed by atoms with Crippen LogP contribution in [0.3, 0.4) is 0 Å². The quantitative estimate of drug-likeness (QED) is 0.804. The average molecular weight is 318 g/mol. The molecule has 0 aromatic carbocycles. The van der Waals surface area contributed by atoms with Gasteiger partial charge in [-0.25, -0.2) is 0 Å². The van der Waals surface area contributed by atoms with Crippen LogP contribution in [0.2, 0.25) is 0 Å².